The molecule has 0 amide bonds. The Balaban J connectivity index is 1.13. The Morgan fingerprint density at radius 3 is 1.98 bits per heavy atom. The van der Waals surface area contributed by atoms with Crippen molar-refractivity contribution in [3.8, 4) is 44.8 Å². The summed E-state index contributed by atoms with van der Waals surface area (Å²) in [4.78, 5) is 19.6. The largest absolute Gasteiger partial charge is 0.255 e. The van der Waals surface area contributed by atoms with Crippen LogP contribution in [0.5, 0.6) is 0 Å². The Morgan fingerprint density at radius 1 is 0.348 bits per heavy atom. The summed E-state index contributed by atoms with van der Waals surface area (Å²) in [6, 6.07) is 52.7. The third kappa shape index (κ3) is 4.47. The predicted octanol–water partition coefficient (Wildman–Crippen LogP) is 10.5. The maximum Gasteiger partial charge on any atom is 0.0978 e. The van der Waals surface area contributed by atoms with E-state index in [9.17, 15) is 0 Å². The van der Waals surface area contributed by atoms with Crippen LogP contribution in [0.2, 0.25) is 0 Å². The molecule has 0 saturated carbocycles. The molecule has 0 aliphatic rings. The lowest BCUT2D eigenvalue weighted by molar-refractivity contribution is 1.33. The van der Waals surface area contributed by atoms with Crippen molar-refractivity contribution in [1.29, 1.82) is 0 Å². The number of rotatable bonds is 4. The minimum absolute atomic E-state index is 0.895. The molecule has 0 fully saturated rings. The molecule has 4 nitrogen and oxygen atoms in total. The Hall–Kier alpha value is -6.26. The Bertz CT molecular complexity index is 2570. The van der Waals surface area contributed by atoms with E-state index in [2.05, 4.69) is 126 Å². The van der Waals surface area contributed by atoms with Crippen LogP contribution in [0.25, 0.3) is 88.5 Å². The van der Waals surface area contributed by atoms with Crippen LogP contribution < -0.4 is 0 Å². The van der Waals surface area contributed by atoms with Crippen molar-refractivity contribution < 1.29 is 0 Å². The van der Waals surface area contributed by atoms with E-state index in [4.69, 9.17) is 15.0 Å². The molecule has 5 aromatic carbocycles. The lowest BCUT2D eigenvalue weighted by atomic mass is 9.95. The molecule has 4 heterocycles. The molecular formula is C42H26N4. The highest BCUT2D eigenvalue weighted by Crippen LogP contribution is 2.38. The fourth-order valence-electron chi connectivity index (χ4n) is 6.42. The molecule has 214 valence electrons. The van der Waals surface area contributed by atoms with Crippen LogP contribution in [-0.4, -0.2) is 19.9 Å². The lowest BCUT2D eigenvalue weighted by Gasteiger charge is -2.13. The van der Waals surface area contributed by atoms with Crippen LogP contribution in [0.3, 0.4) is 0 Å². The normalized spacial score (nSPS) is 11.5. The van der Waals surface area contributed by atoms with Gasteiger partial charge in [-0.15, -0.1) is 0 Å². The second-order valence-corrected chi connectivity index (χ2v) is 11.5. The van der Waals surface area contributed by atoms with Gasteiger partial charge in [-0.1, -0.05) is 109 Å². The molecule has 0 spiro atoms. The Labute approximate surface area is 265 Å². The predicted molar refractivity (Wildman–Crippen MR) is 189 cm³/mol. The van der Waals surface area contributed by atoms with E-state index >= 15 is 0 Å². The Kier molecular flexibility index (Phi) is 6.10. The van der Waals surface area contributed by atoms with E-state index in [1.54, 1.807) is 6.20 Å². The molecular weight excluding hydrogens is 560 g/mol. The zero-order valence-electron chi connectivity index (χ0n) is 24.8. The standard InChI is InChI=1S/C42H26N4/c1-2-8-29(9-3-1)40-33-12-4-5-13-37(33)46-42-34(40)21-19-30-20-22-36(45-41(30)42)32-11-6-10-31(26-32)27-15-17-28(18-16-27)35-23-24-38-39(44-35)14-7-25-43-38/h1-26H. The van der Waals surface area contributed by atoms with Gasteiger partial charge in [0, 0.05) is 39.0 Å². The van der Waals surface area contributed by atoms with Gasteiger partial charge in [0.2, 0.25) is 0 Å². The smallest absolute Gasteiger partial charge is 0.0978 e. The van der Waals surface area contributed by atoms with Crippen LogP contribution in [0.4, 0.5) is 0 Å². The molecule has 0 N–H and O–H groups in total. The molecule has 0 bridgehead atoms. The highest BCUT2D eigenvalue weighted by Gasteiger charge is 2.15. The van der Waals surface area contributed by atoms with Crippen molar-refractivity contribution in [3.05, 3.63) is 158 Å². The van der Waals surface area contributed by atoms with Crippen molar-refractivity contribution in [1.82, 2.24) is 19.9 Å². The monoisotopic (exact) mass is 586 g/mol. The summed E-state index contributed by atoms with van der Waals surface area (Å²) in [5.41, 5.74) is 13.2. The SMILES string of the molecule is c1ccc(-c2c3ccccc3nc3c2ccc2ccc(-c4cccc(-c5ccc(-c6ccc7ncccc7n6)cc5)c4)nc23)cc1. The summed E-state index contributed by atoms with van der Waals surface area (Å²) in [6.45, 7) is 0. The van der Waals surface area contributed by atoms with Gasteiger partial charge in [-0.2, -0.15) is 0 Å². The molecule has 46 heavy (non-hydrogen) atoms. The van der Waals surface area contributed by atoms with Gasteiger partial charge >= 0.3 is 0 Å². The molecule has 0 atom stereocenters. The van der Waals surface area contributed by atoms with Crippen molar-refractivity contribution in [3.63, 3.8) is 0 Å². The van der Waals surface area contributed by atoms with Gasteiger partial charge in [0.1, 0.15) is 0 Å². The molecule has 4 aromatic heterocycles. The average Bonchev–Trinajstić information content (AvgIpc) is 3.14. The first kappa shape index (κ1) is 26.2. The van der Waals surface area contributed by atoms with Gasteiger partial charge in [0.05, 0.1) is 39.0 Å². The van der Waals surface area contributed by atoms with E-state index in [1.807, 2.05) is 30.3 Å². The van der Waals surface area contributed by atoms with Crippen LogP contribution >= 0.6 is 0 Å². The zero-order valence-corrected chi connectivity index (χ0v) is 24.8. The van der Waals surface area contributed by atoms with Crippen LogP contribution in [0, 0.1) is 0 Å². The summed E-state index contributed by atoms with van der Waals surface area (Å²) in [5, 5.41) is 3.32. The number of benzene rings is 5. The third-order valence-corrected chi connectivity index (χ3v) is 8.70. The fraction of sp³-hybridized carbons (Fsp3) is 0. The molecule has 0 aliphatic carbocycles. The van der Waals surface area contributed by atoms with Gasteiger partial charge in [0.25, 0.3) is 0 Å². The number of fused-ring (bicyclic) bond motifs is 5. The van der Waals surface area contributed by atoms with Gasteiger partial charge in [-0.3, -0.25) is 4.98 Å². The third-order valence-electron chi connectivity index (χ3n) is 8.70. The summed E-state index contributed by atoms with van der Waals surface area (Å²) >= 11 is 0. The molecule has 0 radical (unpaired) electrons. The highest BCUT2D eigenvalue weighted by atomic mass is 14.8. The molecule has 0 aliphatic heterocycles. The van der Waals surface area contributed by atoms with Gasteiger partial charge < -0.3 is 0 Å². The fourth-order valence-corrected chi connectivity index (χ4v) is 6.42. The number of hydrogen-bond donors (Lipinski definition) is 0. The number of para-hydroxylation sites is 1. The summed E-state index contributed by atoms with van der Waals surface area (Å²) in [5.74, 6) is 0. The van der Waals surface area contributed by atoms with E-state index in [0.29, 0.717) is 0 Å². The minimum atomic E-state index is 0.895. The number of nitrogens with zero attached hydrogens (tertiary/aromatic N) is 4. The minimum Gasteiger partial charge on any atom is -0.255 e. The van der Waals surface area contributed by atoms with Gasteiger partial charge in [-0.05, 0) is 59.2 Å². The van der Waals surface area contributed by atoms with Crippen LogP contribution in [0.15, 0.2) is 158 Å². The maximum absolute atomic E-state index is 5.25. The summed E-state index contributed by atoms with van der Waals surface area (Å²) < 4.78 is 0. The highest BCUT2D eigenvalue weighted by molar-refractivity contribution is 6.16. The Morgan fingerprint density at radius 2 is 1.07 bits per heavy atom. The average molecular weight is 587 g/mol. The van der Waals surface area contributed by atoms with Crippen molar-refractivity contribution in [2.45, 2.75) is 0 Å². The summed E-state index contributed by atoms with van der Waals surface area (Å²) in [7, 11) is 0. The van der Waals surface area contributed by atoms with E-state index < -0.39 is 0 Å². The van der Waals surface area contributed by atoms with E-state index in [0.717, 1.165) is 77.4 Å². The van der Waals surface area contributed by atoms with Crippen molar-refractivity contribution >= 4 is 43.7 Å². The van der Waals surface area contributed by atoms with E-state index in [-0.39, 0.29) is 0 Å². The first-order valence-corrected chi connectivity index (χ1v) is 15.4. The molecule has 9 aromatic rings. The topological polar surface area (TPSA) is 51.6 Å². The number of hydrogen-bond acceptors (Lipinski definition) is 4. The van der Waals surface area contributed by atoms with Crippen LogP contribution in [0.1, 0.15) is 0 Å². The van der Waals surface area contributed by atoms with Gasteiger partial charge in [0.15, 0.2) is 0 Å². The second kappa shape index (κ2) is 10.7. The van der Waals surface area contributed by atoms with Gasteiger partial charge in [-0.25, -0.2) is 15.0 Å². The summed E-state index contributed by atoms with van der Waals surface area (Å²) in [6.07, 6.45) is 1.79. The molecule has 0 unspecified atom stereocenters. The quantitative estimate of drug-likeness (QED) is 0.152. The zero-order chi connectivity index (χ0) is 30.5. The number of pyridine rings is 4. The van der Waals surface area contributed by atoms with Crippen molar-refractivity contribution in [2.24, 2.45) is 0 Å². The molecule has 0 saturated heterocycles. The number of aromatic nitrogens is 4. The lowest BCUT2D eigenvalue weighted by Crippen LogP contribution is -1.93. The maximum atomic E-state index is 5.25. The first-order chi connectivity index (χ1) is 22.8. The first-order valence-electron chi connectivity index (χ1n) is 15.4. The second-order valence-electron chi connectivity index (χ2n) is 11.5. The van der Waals surface area contributed by atoms with Crippen LogP contribution in [-0.2, 0) is 0 Å². The van der Waals surface area contributed by atoms with Crippen molar-refractivity contribution in [2.75, 3.05) is 0 Å². The molecule has 4 heteroatoms. The van der Waals surface area contributed by atoms with E-state index in [1.165, 1.54) is 11.1 Å². The molecule has 9 rings (SSSR count).